The lowest BCUT2D eigenvalue weighted by Crippen LogP contribution is -2.50. The highest BCUT2D eigenvalue weighted by atomic mass is 16.5. The van der Waals surface area contributed by atoms with Crippen LogP contribution >= 0.6 is 0 Å². The van der Waals surface area contributed by atoms with Crippen molar-refractivity contribution < 1.29 is 29.0 Å². The molecule has 1 saturated heterocycles. The molecule has 3 heterocycles. The van der Waals surface area contributed by atoms with E-state index in [0.717, 1.165) is 22.9 Å². The van der Waals surface area contributed by atoms with Crippen LogP contribution in [0, 0.1) is 5.92 Å². The number of benzene rings is 2. The van der Waals surface area contributed by atoms with Gasteiger partial charge in [0, 0.05) is 29.9 Å². The van der Waals surface area contributed by atoms with Crippen LogP contribution in [0.25, 0.3) is 10.9 Å². The zero-order valence-electron chi connectivity index (χ0n) is 21.0. The minimum absolute atomic E-state index is 0.0844. The van der Waals surface area contributed by atoms with E-state index < -0.39 is 36.3 Å². The van der Waals surface area contributed by atoms with Crippen LogP contribution in [0.15, 0.2) is 48.5 Å². The summed E-state index contributed by atoms with van der Waals surface area (Å²) >= 11 is 0. The average Bonchev–Trinajstić information content (AvgIpc) is 3.55. The van der Waals surface area contributed by atoms with Gasteiger partial charge in [0.25, 0.3) is 5.91 Å². The lowest BCUT2D eigenvalue weighted by Gasteiger charge is -2.29. The van der Waals surface area contributed by atoms with Crippen LogP contribution in [-0.4, -0.2) is 64.8 Å². The summed E-state index contributed by atoms with van der Waals surface area (Å²) in [4.78, 5) is 56.9. The summed E-state index contributed by atoms with van der Waals surface area (Å²) in [5.41, 5.74) is 2.52. The predicted octanol–water partition coefficient (Wildman–Crippen LogP) is 1.84. The van der Waals surface area contributed by atoms with Gasteiger partial charge in [0.05, 0.1) is 13.2 Å². The molecule has 2 aromatic carbocycles. The second kappa shape index (κ2) is 10.7. The third-order valence-electron chi connectivity index (χ3n) is 7.37. The molecule has 0 spiro atoms. The summed E-state index contributed by atoms with van der Waals surface area (Å²) in [6, 6.07) is 12.4. The van der Waals surface area contributed by atoms with E-state index in [1.807, 2.05) is 24.3 Å². The molecular weight excluding hydrogens is 488 g/mol. The fraction of sp³-hybridized carbons (Fsp3) is 0.357. The topological polar surface area (TPSA) is 141 Å². The van der Waals surface area contributed by atoms with E-state index in [2.05, 4.69) is 15.6 Å². The lowest BCUT2D eigenvalue weighted by molar-refractivity contribution is -0.133. The Labute approximate surface area is 219 Å². The maximum absolute atomic E-state index is 13.7. The number of methoxy groups -OCH3 is 1. The Morgan fingerprint density at radius 2 is 2.00 bits per heavy atom. The van der Waals surface area contributed by atoms with Gasteiger partial charge in [-0.3, -0.25) is 19.2 Å². The number of aromatic nitrogens is 1. The van der Waals surface area contributed by atoms with Crippen molar-refractivity contribution in [2.24, 2.45) is 5.92 Å². The van der Waals surface area contributed by atoms with Crippen molar-refractivity contribution in [2.75, 3.05) is 20.3 Å². The first-order chi connectivity index (χ1) is 18.4. The van der Waals surface area contributed by atoms with E-state index >= 15 is 0 Å². The molecule has 10 nitrogen and oxygen atoms in total. The monoisotopic (exact) mass is 518 g/mol. The van der Waals surface area contributed by atoms with Crippen LogP contribution in [0.1, 0.15) is 46.9 Å². The molecule has 0 aliphatic carbocycles. The zero-order valence-corrected chi connectivity index (χ0v) is 21.0. The van der Waals surface area contributed by atoms with Crippen LogP contribution in [-0.2, 0) is 20.9 Å². The molecular formula is C28H30N4O6. The Bertz CT molecular complexity index is 1400. The average molecular weight is 519 g/mol. The summed E-state index contributed by atoms with van der Waals surface area (Å²) < 4.78 is 5.41. The molecule has 4 N–H and O–H groups in total. The molecule has 0 saturated carbocycles. The molecule has 1 fully saturated rings. The Hall–Kier alpha value is -4.18. The van der Waals surface area contributed by atoms with Gasteiger partial charge in [0.2, 0.25) is 11.8 Å². The van der Waals surface area contributed by atoms with Crippen molar-refractivity contribution in [3.8, 4) is 5.75 Å². The quantitative estimate of drug-likeness (QED) is 0.359. The van der Waals surface area contributed by atoms with Crippen molar-refractivity contribution in [2.45, 2.75) is 37.9 Å². The van der Waals surface area contributed by atoms with Gasteiger partial charge in [0.15, 0.2) is 5.78 Å². The number of Topliss-reactive ketones (excluding diaryl/α,β-unsaturated/α-hetero) is 1. The van der Waals surface area contributed by atoms with E-state index in [-0.39, 0.29) is 24.8 Å². The molecule has 1 unspecified atom stereocenters. The predicted molar refractivity (Wildman–Crippen MR) is 138 cm³/mol. The number of hydrogen-bond acceptors (Lipinski definition) is 6. The Morgan fingerprint density at radius 1 is 1.18 bits per heavy atom. The molecule has 198 valence electrons. The molecule has 3 aromatic rings. The number of ether oxygens (including phenoxy) is 1. The summed E-state index contributed by atoms with van der Waals surface area (Å²) in [6.45, 7) is 0.0270. The third-order valence-corrected chi connectivity index (χ3v) is 7.37. The number of nitrogens with zero attached hydrogens (tertiary/aromatic N) is 1. The maximum Gasteiger partial charge on any atom is 0.271 e. The standard InChI is InChI=1S/C28H30N4O6/c1-38-24-10-4-9-20-19(24)13-22(30-20)28(37)32-14-17-6-2-3-8-18(17)25(32)27(36)31-21(23(34)15-33)12-16-7-5-11-29-26(16)35/h2-4,6,8-10,13,16,21,25,30,33H,5,7,11-12,14-15H2,1H3,(H,29,35)(H,31,36)/t16-,21?,25-/m0/s1. The van der Waals surface area contributed by atoms with E-state index in [0.29, 0.717) is 30.0 Å². The minimum Gasteiger partial charge on any atom is -0.496 e. The molecule has 3 atom stereocenters. The molecule has 5 rings (SSSR count). The molecule has 0 radical (unpaired) electrons. The van der Waals surface area contributed by atoms with Gasteiger partial charge in [-0.05, 0) is 48.6 Å². The summed E-state index contributed by atoms with van der Waals surface area (Å²) in [5, 5.41) is 15.8. The van der Waals surface area contributed by atoms with Crippen molar-refractivity contribution in [1.82, 2.24) is 20.5 Å². The normalized spacial score (nSPS) is 19.5. The molecule has 2 aliphatic rings. The Morgan fingerprint density at radius 3 is 2.76 bits per heavy atom. The third kappa shape index (κ3) is 4.74. The number of H-pyrrole nitrogens is 1. The van der Waals surface area contributed by atoms with Gasteiger partial charge >= 0.3 is 0 Å². The van der Waals surface area contributed by atoms with Gasteiger partial charge in [-0.25, -0.2) is 0 Å². The number of aromatic amines is 1. The fourth-order valence-corrected chi connectivity index (χ4v) is 5.41. The van der Waals surface area contributed by atoms with Gasteiger partial charge in [-0.2, -0.15) is 0 Å². The lowest BCUT2D eigenvalue weighted by atomic mass is 9.90. The number of carbonyl (C=O) groups excluding carboxylic acids is 4. The van der Waals surface area contributed by atoms with Gasteiger partial charge in [-0.15, -0.1) is 0 Å². The number of ketones is 1. The number of aliphatic hydroxyl groups excluding tert-OH is 1. The number of amides is 3. The number of nitrogens with one attached hydrogen (secondary N) is 3. The number of aliphatic hydroxyl groups is 1. The van der Waals surface area contributed by atoms with Crippen molar-refractivity contribution in [3.63, 3.8) is 0 Å². The van der Waals surface area contributed by atoms with Gasteiger partial charge < -0.3 is 30.4 Å². The first-order valence-electron chi connectivity index (χ1n) is 12.7. The zero-order chi connectivity index (χ0) is 26.8. The summed E-state index contributed by atoms with van der Waals surface area (Å²) in [6.07, 6.45) is 1.46. The van der Waals surface area contributed by atoms with Crippen molar-refractivity contribution in [3.05, 3.63) is 65.4 Å². The van der Waals surface area contributed by atoms with E-state index in [4.69, 9.17) is 4.74 Å². The van der Waals surface area contributed by atoms with Gasteiger partial charge in [0.1, 0.15) is 24.1 Å². The number of carbonyl (C=O) groups is 4. The summed E-state index contributed by atoms with van der Waals surface area (Å²) in [7, 11) is 1.56. The SMILES string of the molecule is COc1cccc2[nH]c(C(=O)N3Cc4ccccc4[C@H]3C(=O)NC(C[C@@H]3CCCNC3=O)C(=O)CO)cc12. The number of rotatable bonds is 8. The smallest absolute Gasteiger partial charge is 0.271 e. The number of hydrogen-bond donors (Lipinski definition) is 4. The minimum atomic E-state index is -1.05. The first kappa shape index (κ1) is 25.5. The van der Waals surface area contributed by atoms with Crippen LogP contribution in [0.2, 0.25) is 0 Å². The molecule has 10 heteroatoms. The molecule has 1 aromatic heterocycles. The maximum atomic E-state index is 13.7. The second-order valence-corrected chi connectivity index (χ2v) is 9.69. The fourth-order valence-electron chi connectivity index (χ4n) is 5.41. The molecule has 3 amide bonds. The van der Waals surface area contributed by atoms with Crippen LogP contribution in [0.5, 0.6) is 5.75 Å². The Kier molecular flexibility index (Phi) is 7.15. The van der Waals surface area contributed by atoms with Crippen LogP contribution in [0.4, 0.5) is 0 Å². The first-order valence-corrected chi connectivity index (χ1v) is 12.7. The molecule has 0 bridgehead atoms. The van der Waals surface area contributed by atoms with Crippen molar-refractivity contribution in [1.29, 1.82) is 0 Å². The van der Waals surface area contributed by atoms with Crippen molar-refractivity contribution >= 4 is 34.4 Å². The highest BCUT2D eigenvalue weighted by Gasteiger charge is 2.41. The molecule has 38 heavy (non-hydrogen) atoms. The van der Waals surface area contributed by atoms with E-state index in [1.54, 1.807) is 31.4 Å². The highest BCUT2D eigenvalue weighted by molar-refractivity contribution is 6.02. The van der Waals surface area contributed by atoms with E-state index in [1.165, 1.54) is 4.90 Å². The van der Waals surface area contributed by atoms with Crippen LogP contribution < -0.4 is 15.4 Å². The van der Waals surface area contributed by atoms with E-state index in [9.17, 15) is 24.3 Å². The second-order valence-electron chi connectivity index (χ2n) is 9.69. The van der Waals surface area contributed by atoms with Crippen LogP contribution in [0.3, 0.4) is 0 Å². The highest BCUT2D eigenvalue weighted by Crippen LogP contribution is 2.36. The number of piperidine rings is 1. The Balaban J connectivity index is 1.43. The molecule has 2 aliphatic heterocycles. The van der Waals surface area contributed by atoms with Gasteiger partial charge in [-0.1, -0.05) is 30.3 Å². The largest absolute Gasteiger partial charge is 0.496 e. The number of fused-ring (bicyclic) bond motifs is 2. The summed E-state index contributed by atoms with van der Waals surface area (Å²) in [5.74, 6) is -1.49.